The molecule has 0 atom stereocenters. The van der Waals surface area contributed by atoms with E-state index in [1.54, 1.807) is 43.5 Å². The molecule has 0 radical (unpaired) electrons. The molecule has 1 saturated heterocycles. The van der Waals surface area contributed by atoms with Crippen LogP contribution in [0.25, 0.3) is 33.4 Å². The van der Waals surface area contributed by atoms with E-state index in [4.69, 9.17) is 4.74 Å². The Morgan fingerprint density at radius 3 is 2.51 bits per heavy atom. The summed E-state index contributed by atoms with van der Waals surface area (Å²) < 4.78 is 78.4. The van der Waals surface area contributed by atoms with Gasteiger partial charge >= 0.3 is 6.36 Å². The van der Waals surface area contributed by atoms with E-state index in [2.05, 4.69) is 25.0 Å². The van der Waals surface area contributed by atoms with Crippen LogP contribution in [0.5, 0.6) is 5.75 Å². The van der Waals surface area contributed by atoms with Gasteiger partial charge < -0.3 is 19.7 Å². The molecule has 4 heterocycles. The van der Waals surface area contributed by atoms with Crippen molar-refractivity contribution in [2.45, 2.75) is 13.3 Å². The summed E-state index contributed by atoms with van der Waals surface area (Å²) >= 11 is 0. The highest BCUT2D eigenvalue weighted by Crippen LogP contribution is 2.40. The lowest BCUT2D eigenvalue weighted by Gasteiger charge is -2.28. The number of anilines is 3. The second kappa shape index (κ2) is 11.4. The molecular weight excluding hydrogens is 569 g/mol. The quantitative estimate of drug-likeness (QED) is 0.205. The second-order valence-corrected chi connectivity index (χ2v) is 9.85. The Labute approximate surface area is 242 Å². The highest BCUT2D eigenvalue weighted by Gasteiger charge is 2.31. The van der Waals surface area contributed by atoms with Crippen LogP contribution in [0.3, 0.4) is 0 Å². The number of hydrogen-bond acceptors (Lipinski definition) is 7. The summed E-state index contributed by atoms with van der Waals surface area (Å²) in [5.74, 6) is -1.44. The molecule has 0 spiro atoms. The predicted octanol–water partition coefficient (Wildman–Crippen LogP) is 7.42. The van der Waals surface area contributed by atoms with E-state index in [0.29, 0.717) is 71.6 Å². The van der Waals surface area contributed by atoms with Crippen molar-refractivity contribution in [3.8, 4) is 28.3 Å². The monoisotopic (exact) mass is 593 g/mol. The van der Waals surface area contributed by atoms with Gasteiger partial charge in [-0.15, -0.1) is 13.2 Å². The molecule has 0 bridgehead atoms. The first-order valence-corrected chi connectivity index (χ1v) is 13.3. The molecule has 0 amide bonds. The van der Waals surface area contributed by atoms with Crippen LogP contribution in [0, 0.1) is 18.6 Å². The summed E-state index contributed by atoms with van der Waals surface area (Å²) in [5, 5.41) is 3.35. The zero-order chi connectivity index (χ0) is 30.1. The lowest BCUT2D eigenvalue weighted by molar-refractivity contribution is -0.274. The Morgan fingerprint density at radius 2 is 1.77 bits per heavy atom. The van der Waals surface area contributed by atoms with Crippen molar-refractivity contribution in [3.63, 3.8) is 0 Å². The van der Waals surface area contributed by atoms with Gasteiger partial charge in [0.2, 0.25) is 0 Å². The van der Waals surface area contributed by atoms with Crippen LogP contribution in [-0.4, -0.2) is 47.6 Å². The molecule has 7 nitrogen and oxygen atoms in total. The summed E-state index contributed by atoms with van der Waals surface area (Å²) in [5.41, 5.74) is 3.02. The maximum absolute atomic E-state index is 15.4. The van der Waals surface area contributed by atoms with E-state index in [-0.39, 0.29) is 10.9 Å². The Kier molecular flexibility index (Phi) is 7.53. The molecule has 1 fully saturated rings. The maximum atomic E-state index is 15.4. The van der Waals surface area contributed by atoms with Crippen molar-refractivity contribution < 1.29 is 31.4 Å². The number of benzene rings is 2. The second-order valence-electron chi connectivity index (χ2n) is 9.85. The highest BCUT2D eigenvalue weighted by molar-refractivity contribution is 5.99. The summed E-state index contributed by atoms with van der Waals surface area (Å²) in [6, 6.07) is 14.4. The molecule has 43 heavy (non-hydrogen) atoms. The van der Waals surface area contributed by atoms with Crippen molar-refractivity contribution in [2.24, 2.45) is 0 Å². The van der Waals surface area contributed by atoms with Gasteiger partial charge in [0.15, 0.2) is 0 Å². The topological polar surface area (TPSA) is 72.4 Å². The van der Waals surface area contributed by atoms with Gasteiger partial charge in [-0.05, 0) is 36.8 Å². The van der Waals surface area contributed by atoms with Crippen LogP contribution >= 0.6 is 0 Å². The standard InChI is InChI=1S/C31H24F5N5O2/c1-18-29(24-7-2-3-8-37-24)40-26-15-20(32)14-23(33)28(26)30(18)39-25-16-27(41-9-11-42-12-10-41)38-17-22(25)19-5-4-6-21(13-19)43-31(34,35)36/h2-8,13-17H,9-12H2,1H3,(H,38,39,40). The average molecular weight is 594 g/mol. The Bertz CT molecular complexity index is 1790. The van der Waals surface area contributed by atoms with Gasteiger partial charge in [-0.25, -0.2) is 18.7 Å². The van der Waals surface area contributed by atoms with Crippen molar-refractivity contribution >= 4 is 28.1 Å². The molecule has 1 N–H and O–H groups in total. The highest BCUT2D eigenvalue weighted by atomic mass is 19.4. The fourth-order valence-electron chi connectivity index (χ4n) is 5.05. The molecule has 220 valence electrons. The largest absolute Gasteiger partial charge is 0.573 e. The summed E-state index contributed by atoms with van der Waals surface area (Å²) in [6.45, 7) is 3.90. The number of aromatic nitrogens is 3. The lowest BCUT2D eigenvalue weighted by atomic mass is 10.0. The number of halogens is 5. The van der Waals surface area contributed by atoms with E-state index in [0.717, 1.165) is 12.1 Å². The number of alkyl halides is 3. The van der Waals surface area contributed by atoms with Gasteiger partial charge in [-0.2, -0.15) is 0 Å². The zero-order valence-electron chi connectivity index (χ0n) is 22.8. The molecule has 3 aromatic heterocycles. The molecule has 0 aliphatic carbocycles. The smallest absolute Gasteiger partial charge is 0.406 e. The average Bonchev–Trinajstić information content (AvgIpc) is 2.98. The molecule has 1 aliphatic heterocycles. The Balaban J connectivity index is 1.55. The molecule has 2 aromatic carbocycles. The van der Waals surface area contributed by atoms with Crippen LogP contribution < -0.4 is 15.0 Å². The van der Waals surface area contributed by atoms with E-state index in [1.165, 1.54) is 24.4 Å². The fourth-order valence-corrected chi connectivity index (χ4v) is 5.05. The van der Waals surface area contributed by atoms with Crippen LogP contribution in [0.4, 0.5) is 39.1 Å². The Morgan fingerprint density at radius 1 is 0.953 bits per heavy atom. The normalized spacial score (nSPS) is 13.8. The first-order valence-electron chi connectivity index (χ1n) is 13.3. The van der Waals surface area contributed by atoms with Crippen LogP contribution in [0.1, 0.15) is 5.56 Å². The van der Waals surface area contributed by atoms with E-state index >= 15 is 4.39 Å². The maximum Gasteiger partial charge on any atom is 0.573 e. The third-order valence-corrected chi connectivity index (χ3v) is 7.02. The minimum Gasteiger partial charge on any atom is -0.406 e. The summed E-state index contributed by atoms with van der Waals surface area (Å²) in [4.78, 5) is 15.5. The van der Waals surface area contributed by atoms with Gasteiger partial charge in [-0.1, -0.05) is 18.2 Å². The van der Waals surface area contributed by atoms with Crippen LogP contribution in [0.15, 0.2) is 73.1 Å². The number of nitrogens with one attached hydrogen (secondary N) is 1. The number of pyridine rings is 3. The van der Waals surface area contributed by atoms with Gasteiger partial charge in [0.25, 0.3) is 0 Å². The number of rotatable bonds is 6. The molecule has 0 saturated carbocycles. The van der Waals surface area contributed by atoms with Gasteiger partial charge in [-0.3, -0.25) is 4.98 Å². The van der Waals surface area contributed by atoms with Gasteiger partial charge in [0, 0.05) is 54.8 Å². The number of fused-ring (bicyclic) bond motifs is 1. The van der Waals surface area contributed by atoms with Crippen molar-refractivity contribution in [1.29, 1.82) is 0 Å². The van der Waals surface area contributed by atoms with Crippen LogP contribution in [0.2, 0.25) is 0 Å². The SMILES string of the molecule is Cc1c(-c2ccccn2)nc2cc(F)cc(F)c2c1Nc1cc(N2CCOCC2)ncc1-c1cccc(OC(F)(F)F)c1. The van der Waals surface area contributed by atoms with E-state index < -0.39 is 23.7 Å². The molecule has 6 rings (SSSR count). The number of ether oxygens (including phenoxy) is 2. The van der Waals surface area contributed by atoms with Crippen LogP contribution in [-0.2, 0) is 4.74 Å². The first kappa shape index (κ1) is 28.3. The molecule has 12 heteroatoms. The zero-order valence-corrected chi connectivity index (χ0v) is 22.8. The first-order chi connectivity index (χ1) is 20.7. The van der Waals surface area contributed by atoms with Gasteiger partial charge in [0.05, 0.1) is 46.9 Å². The minimum absolute atomic E-state index is 0.0448. The third kappa shape index (κ3) is 6.05. The van der Waals surface area contributed by atoms with Crippen molar-refractivity contribution in [3.05, 3.63) is 90.3 Å². The molecule has 5 aromatic rings. The number of nitrogens with zero attached hydrogens (tertiary/aromatic N) is 4. The van der Waals surface area contributed by atoms with Crippen molar-refractivity contribution in [2.75, 3.05) is 36.5 Å². The minimum atomic E-state index is -4.88. The van der Waals surface area contributed by atoms with Gasteiger partial charge in [0.1, 0.15) is 23.2 Å². The Hall–Kier alpha value is -4.84. The third-order valence-electron chi connectivity index (χ3n) is 7.02. The fraction of sp³-hybridized carbons (Fsp3) is 0.194. The van der Waals surface area contributed by atoms with E-state index in [9.17, 15) is 17.6 Å². The molecule has 1 aliphatic rings. The molecular formula is C31H24F5N5O2. The van der Waals surface area contributed by atoms with Crippen molar-refractivity contribution in [1.82, 2.24) is 15.0 Å². The summed E-state index contributed by atoms with van der Waals surface area (Å²) in [7, 11) is 0. The molecule has 0 unspecified atom stereocenters. The lowest BCUT2D eigenvalue weighted by Crippen LogP contribution is -2.36. The predicted molar refractivity (Wildman–Crippen MR) is 152 cm³/mol. The van der Waals surface area contributed by atoms with E-state index in [1.807, 2.05) is 4.90 Å². The summed E-state index contributed by atoms with van der Waals surface area (Å²) in [6.07, 6.45) is -1.75. The number of morpholine rings is 1. The number of hydrogen-bond donors (Lipinski definition) is 1.